The summed E-state index contributed by atoms with van der Waals surface area (Å²) in [5.41, 5.74) is 2.78. The third-order valence-electron chi connectivity index (χ3n) is 5.62. The van der Waals surface area contributed by atoms with Crippen LogP contribution in [0.2, 0.25) is 0 Å². The van der Waals surface area contributed by atoms with Crippen molar-refractivity contribution < 1.29 is 9.53 Å². The maximum absolute atomic E-state index is 12.5. The van der Waals surface area contributed by atoms with Gasteiger partial charge in [-0.05, 0) is 64.1 Å². The van der Waals surface area contributed by atoms with Gasteiger partial charge in [0, 0.05) is 13.1 Å². The smallest absolute Gasteiger partial charge is 0.236 e. The molecule has 2 heterocycles. The number of piperidine rings is 1. The molecule has 0 spiro atoms. The van der Waals surface area contributed by atoms with E-state index in [2.05, 4.69) is 36.1 Å². The van der Waals surface area contributed by atoms with Crippen LogP contribution in [-0.4, -0.2) is 61.1 Å². The van der Waals surface area contributed by atoms with Gasteiger partial charge in [0.25, 0.3) is 0 Å². The van der Waals surface area contributed by atoms with E-state index in [9.17, 15) is 4.79 Å². The van der Waals surface area contributed by atoms with Gasteiger partial charge in [0.15, 0.2) is 0 Å². The fraction of sp³-hybridized carbons (Fsp3) is 0.667. The molecule has 2 fully saturated rings. The molecule has 0 N–H and O–H groups in total. The zero-order valence-electron chi connectivity index (χ0n) is 15.7. The van der Waals surface area contributed by atoms with Gasteiger partial charge in [0.05, 0.1) is 19.3 Å². The molecule has 1 aromatic rings. The van der Waals surface area contributed by atoms with Gasteiger partial charge in [-0.2, -0.15) is 0 Å². The van der Waals surface area contributed by atoms with Crippen LogP contribution in [0.15, 0.2) is 24.3 Å². The molecule has 1 aromatic carbocycles. The summed E-state index contributed by atoms with van der Waals surface area (Å²) in [6, 6.07) is 8.92. The topological polar surface area (TPSA) is 32.8 Å². The number of carbonyl (C=O) groups excluding carboxylic acids is 1. The molecule has 2 aliphatic rings. The van der Waals surface area contributed by atoms with Gasteiger partial charge in [-0.15, -0.1) is 0 Å². The summed E-state index contributed by atoms with van der Waals surface area (Å²) in [6.07, 6.45) is 5.06. The molecule has 1 unspecified atom stereocenters. The highest BCUT2D eigenvalue weighted by atomic mass is 16.5. The Balaban J connectivity index is 1.36. The van der Waals surface area contributed by atoms with Gasteiger partial charge >= 0.3 is 0 Å². The van der Waals surface area contributed by atoms with E-state index in [1.807, 2.05) is 11.8 Å². The van der Waals surface area contributed by atoms with E-state index in [-0.39, 0.29) is 12.0 Å². The standard InChI is InChI=1S/C21H32N2O2/c1-17-3-5-19(6-4-17)7-8-20-9-11-22(12-10-20)16-21(24)23-13-14-25-18(2)15-23/h3-6,18,20H,7-16H2,1-2H3. The first-order chi connectivity index (χ1) is 12.1. The molecule has 1 amide bonds. The maximum atomic E-state index is 12.5. The zero-order valence-corrected chi connectivity index (χ0v) is 15.7. The van der Waals surface area contributed by atoms with Crippen LogP contribution in [0.5, 0.6) is 0 Å². The van der Waals surface area contributed by atoms with Crippen molar-refractivity contribution in [1.29, 1.82) is 0 Å². The first kappa shape index (κ1) is 18.4. The van der Waals surface area contributed by atoms with Crippen LogP contribution < -0.4 is 0 Å². The van der Waals surface area contributed by atoms with Crippen LogP contribution in [0.25, 0.3) is 0 Å². The predicted octanol–water partition coefficient (Wildman–Crippen LogP) is 2.89. The fourth-order valence-corrected chi connectivity index (χ4v) is 3.90. The van der Waals surface area contributed by atoms with Gasteiger partial charge in [0.1, 0.15) is 0 Å². The Kier molecular flexibility index (Phi) is 6.49. The molecule has 2 saturated heterocycles. The van der Waals surface area contributed by atoms with E-state index < -0.39 is 0 Å². The van der Waals surface area contributed by atoms with Gasteiger partial charge in [-0.25, -0.2) is 0 Å². The summed E-state index contributed by atoms with van der Waals surface area (Å²) in [6.45, 7) is 9.04. The van der Waals surface area contributed by atoms with Crippen molar-refractivity contribution in [2.45, 2.75) is 45.6 Å². The van der Waals surface area contributed by atoms with Crippen molar-refractivity contribution in [3.63, 3.8) is 0 Å². The largest absolute Gasteiger partial charge is 0.375 e. The second kappa shape index (κ2) is 8.81. The molecule has 0 bridgehead atoms. The Bertz CT molecular complexity index is 550. The average molecular weight is 344 g/mol. The second-order valence-corrected chi connectivity index (χ2v) is 7.76. The maximum Gasteiger partial charge on any atom is 0.236 e. The number of benzene rings is 1. The lowest BCUT2D eigenvalue weighted by atomic mass is 9.90. The molecule has 4 nitrogen and oxygen atoms in total. The molecular formula is C21H32N2O2. The summed E-state index contributed by atoms with van der Waals surface area (Å²) >= 11 is 0. The third kappa shape index (κ3) is 5.55. The number of rotatable bonds is 5. The third-order valence-corrected chi connectivity index (χ3v) is 5.62. The van der Waals surface area contributed by atoms with Gasteiger partial charge in [-0.1, -0.05) is 29.8 Å². The van der Waals surface area contributed by atoms with E-state index in [1.165, 1.54) is 36.8 Å². The van der Waals surface area contributed by atoms with E-state index in [0.29, 0.717) is 13.2 Å². The normalized spacial score (nSPS) is 23.0. The summed E-state index contributed by atoms with van der Waals surface area (Å²) in [4.78, 5) is 16.8. The summed E-state index contributed by atoms with van der Waals surface area (Å²) in [5, 5.41) is 0. The van der Waals surface area contributed by atoms with Crippen LogP contribution in [-0.2, 0) is 16.0 Å². The summed E-state index contributed by atoms with van der Waals surface area (Å²) < 4.78 is 5.52. The number of likely N-dealkylation sites (tertiary alicyclic amines) is 1. The fourth-order valence-electron chi connectivity index (χ4n) is 3.90. The Labute approximate surface area is 152 Å². The van der Waals surface area contributed by atoms with Crippen molar-refractivity contribution in [3.05, 3.63) is 35.4 Å². The average Bonchev–Trinajstić information content (AvgIpc) is 2.62. The van der Waals surface area contributed by atoms with Crippen molar-refractivity contribution in [3.8, 4) is 0 Å². The van der Waals surface area contributed by atoms with E-state index >= 15 is 0 Å². The minimum absolute atomic E-state index is 0.171. The van der Waals surface area contributed by atoms with Crippen LogP contribution in [0, 0.1) is 12.8 Å². The number of amides is 1. The number of aryl methyl sites for hydroxylation is 2. The van der Waals surface area contributed by atoms with Crippen molar-refractivity contribution in [2.24, 2.45) is 5.92 Å². The quantitative estimate of drug-likeness (QED) is 0.823. The Morgan fingerprint density at radius 1 is 1.16 bits per heavy atom. The highest BCUT2D eigenvalue weighted by Gasteiger charge is 2.25. The first-order valence-electron chi connectivity index (χ1n) is 9.77. The number of hydrogen-bond donors (Lipinski definition) is 0. The van der Waals surface area contributed by atoms with Gasteiger partial charge < -0.3 is 9.64 Å². The second-order valence-electron chi connectivity index (χ2n) is 7.76. The summed E-state index contributed by atoms with van der Waals surface area (Å²) in [7, 11) is 0. The number of hydrogen-bond acceptors (Lipinski definition) is 3. The molecule has 0 aliphatic carbocycles. The molecule has 3 rings (SSSR count). The molecule has 4 heteroatoms. The molecule has 25 heavy (non-hydrogen) atoms. The van der Waals surface area contributed by atoms with Crippen molar-refractivity contribution in [1.82, 2.24) is 9.80 Å². The molecular weight excluding hydrogens is 312 g/mol. The van der Waals surface area contributed by atoms with Crippen LogP contribution in [0.1, 0.15) is 37.3 Å². The van der Waals surface area contributed by atoms with Crippen LogP contribution in [0.3, 0.4) is 0 Å². The predicted molar refractivity (Wildman–Crippen MR) is 101 cm³/mol. The molecule has 0 saturated carbocycles. The number of carbonyl (C=O) groups is 1. The van der Waals surface area contributed by atoms with E-state index in [4.69, 9.17) is 4.74 Å². The number of morpholine rings is 1. The van der Waals surface area contributed by atoms with Crippen LogP contribution >= 0.6 is 0 Å². The lowest BCUT2D eigenvalue weighted by Crippen LogP contribution is -2.49. The zero-order chi connectivity index (χ0) is 17.6. The lowest BCUT2D eigenvalue weighted by Gasteiger charge is -2.35. The van der Waals surface area contributed by atoms with Crippen molar-refractivity contribution >= 4 is 5.91 Å². The van der Waals surface area contributed by atoms with E-state index in [0.717, 1.165) is 32.1 Å². The minimum Gasteiger partial charge on any atom is -0.375 e. The Morgan fingerprint density at radius 3 is 2.56 bits per heavy atom. The van der Waals surface area contributed by atoms with E-state index in [1.54, 1.807) is 0 Å². The molecule has 0 radical (unpaired) electrons. The molecule has 2 aliphatic heterocycles. The van der Waals surface area contributed by atoms with Crippen molar-refractivity contribution in [2.75, 3.05) is 39.3 Å². The Hall–Kier alpha value is -1.39. The van der Waals surface area contributed by atoms with Gasteiger partial charge in [0.2, 0.25) is 5.91 Å². The first-order valence-corrected chi connectivity index (χ1v) is 9.77. The lowest BCUT2D eigenvalue weighted by molar-refractivity contribution is -0.139. The molecule has 1 atom stereocenters. The van der Waals surface area contributed by atoms with Crippen LogP contribution in [0.4, 0.5) is 0 Å². The highest BCUT2D eigenvalue weighted by Crippen LogP contribution is 2.22. The highest BCUT2D eigenvalue weighted by molar-refractivity contribution is 5.78. The SMILES string of the molecule is Cc1ccc(CCC2CCN(CC(=O)N3CCOC(C)C3)CC2)cc1. The molecule has 138 valence electrons. The Morgan fingerprint density at radius 2 is 1.88 bits per heavy atom. The van der Waals surface area contributed by atoms with Gasteiger partial charge in [-0.3, -0.25) is 9.69 Å². The summed E-state index contributed by atoms with van der Waals surface area (Å²) in [5.74, 6) is 1.07. The number of ether oxygens (including phenoxy) is 1. The minimum atomic E-state index is 0.171. The molecule has 0 aromatic heterocycles. The monoisotopic (exact) mass is 344 g/mol. The number of nitrogens with zero attached hydrogens (tertiary/aromatic N) is 2.